The molecule has 66 heavy (non-hydrogen) atoms. The van der Waals surface area contributed by atoms with Gasteiger partial charge in [0, 0.05) is 76.7 Å². The number of para-hydroxylation sites is 2. The predicted molar refractivity (Wildman–Crippen MR) is 270 cm³/mol. The van der Waals surface area contributed by atoms with Gasteiger partial charge in [0.2, 0.25) is 5.69 Å². The summed E-state index contributed by atoms with van der Waals surface area (Å²) in [5.41, 5.74) is 12.4. The number of fused-ring (bicyclic) bond motifs is 2. The van der Waals surface area contributed by atoms with Crippen LogP contribution in [0.3, 0.4) is 0 Å². The Bertz CT molecular complexity index is 2370. The van der Waals surface area contributed by atoms with Crippen LogP contribution in [-0.4, -0.2) is 104 Å². The molecule has 0 atom stereocenters. The number of anilines is 3. The lowest BCUT2D eigenvalue weighted by atomic mass is 9.81. The van der Waals surface area contributed by atoms with E-state index in [1.807, 2.05) is 12.1 Å². The van der Waals surface area contributed by atoms with E-state index in [-0.39, 0.29) is 10.8 Å². The summed E-state index contributed by atoms with van der Waals surface area (Å²) < 4.78 is 36.1. The summed E-state index contributed by atoms with van der Waals surface area (Å²) in [5, 5.41) is 1.46. The fourth-order valence-corrected chi connectivity index (χ4v) is 9.61. The van der Waals surface area contributed by atoms with Gasteiger partial charge in [-0.1, -0.05) is 85.6 Å². The van der Waals surface area contributed by atoms with E-state index in [0.29, 0.717) is 79.2 Å². The Morgan fingerprint density at radius 1 is 0.606 bits per heavy atom. The molecule has 7 rings (SSSR count). The normalized spacial score (nSPS) is 17.5. The quantitative estimate of drug-likeness (QED) is 0.0509. The molecule has 4 aromatic rings. The average Bonchev–Trinajstić information content (AvgIpc) is 3.87. The molecule has 9 nitrogen and oxygen atoms in total. The van der Waals surface area contributed by atoms with Crippen LogP contribution in [0.2, 0.25) is 10.0 Å². The van der Waals surface area contributed by atoms with Crippen LogP contribution in [0, 0.1) is 0 Å². The van der Waals surface area contributed by atoms with Crippen molar-refractivity contribution in [1.29, 1.82) is 0 Å². The minimum Gasteiger partial charge on any atom is -0.382 e. The van der Waals surface area contributed by atoms with Crippen molar-refractivity contribution < 1.29 is 33.0 Å². The Morgan fingerprint density at radius 3 is 1.79 bits per heavy atom. The van der Waals surface area contributed by atoms with Crippen LogP contribution in [-0.2, 0) is 39.3 Å². The van der Waals surface area contributed by atoms with Gasteiger partial charge >= 0.3 is 0 Å². The first-order valence-electron chi connectivity index (χ1n) is 23.1. The molecule has 0 unspecified atom stereocenters. The van der Waals surface area contributed by atoms with Gasteiger partial charge in [0.25, 0.3) is 0 Å². The van der Waals surface area contributed by atoms with Gasteiger partial charge in [0.05, 0.1) is 70.6 Å². The highest BCUT2D eigenvalue weighted by Gasteiger charge is 2.45. The van der Waals surface area contributed by atoms with Gasteiger partial charge < -0.3 is 38.2 Å². The highest BCUT2D eigenvalue weighted by Crippen LogP contribution is 2.49. The second kappa shape index (κ2) is 23.5. The van der Waals surface area contributed by atoms with Gasteiger partial charge in [-0.05, 0) is 104 Å². The lowest BCUT2D eigenvalue weighted by Crippen LogP contribution is -2.29. The van der Waals surface area contributed by atoms with Gasteiger partial charge in [-0.3, -0.25) is 0 Å². The molecule has 0 saturated heterocycles. The van der Waals surface area contributed by atoms with Gasteiger partial charge in [0.15, 0.2) is 12.3 Å². The van der Waals surface area contributed by atoms with Crippen molar-refractivity contribution in [3.63, 3.8) is 0 Å². The van der Waals surface area contributed by atoms with E-state index < -0.39 is 0 Å². The number of hydrogen-bond acceptors (Lipinski definition) is 8. The Morgan fingerprint density at radius 2 is 1.17 bits per heavy atom. The molecule has 0 fully saturated rings. The molecule has 0 N–H and O–H groups in total. The molecule has 3 aliphatic rings. The minimum absolute atomic E-state index is 0.308. The number of nitrogens with zero attached hydrogens (tertiary/aromatic N) is 3. The summed E-state index contributed by atoms with van der Waals surface area (Å²) in [6, 6.07) is 33.8. The lowest BCUT2D eigenvalue weighted by molar-refractivity contribution is -0.442. The van der Waals surface area contributed by atoms with Crippen molar-refractivity contribution >= 4 is 51.7 Å². The fourth-order valence-electron chi connectivity index (χ4n) is 9.26. The Hall–Kier alpha value is -4.55. The van der Waals surface area contributed by atoms with Crippen LogP contribution >= 0.6 is 23.2 Å². The van der Waals surface area contributed by atoms with Crippen molar-refractivity contribution in [3.8, 4) is 0 Å². The van der Waals surface area contributed by atoms with E-state index in [2.05, 4.69) is 151 Å². The summed E-state index contributed by atoms with van der Waals surface area (Å²) >= 11 is 13.3. The van der Waals surface area contributed by atoms with Crippen molar-refractivity contribution in [2.45, 2.75) is 51.4 Å². The Kier molecular flexibility index (Phi) is 17.5. The van der Waals surface area contributed by atoms with E-state index in [9.17, 15) is 0 Å². The Balaban J connectivity index is 1.28. The second-order valence-corrected chi connectivity index (χ2v) is 18.5. The summed E-state index contributed by atoms with van der Waals surface area (Å²) in [7, 11) is 3.35. The maximum atomic E-state index is 6.66. The number of allylic oxidation sites excluding steroid dienone is 7. The topological polar surface area (TPSA) is 64.9 Å². The third kappa shape index (κ3) is 11.6. The summed E-state index contributed by atoms with van der Waals surface area (Å²) in [6.45, 7) is 16.0. The zero-order valence-corrected chi connectivity index (χ0v) is 41.0. The van der Waals surface area contributed by atoms with Crippen LogP contribution in [0.4, 0.5) is 22.7 Å². The third-order valence-corrected chi connectivity index (χ3v) is 13.1. The van der Waals surface area contributed by atoms with Gasteiger partial charge in [0.1, 0.15) is 6.61 Å². The lowest BCUT2D eigenvalue weighted by Gasteiger charge is -2.29. The predicted octanol–water partition coefficient (Wildman–Crippen LogP) is 11.8. The molecule has 2 heterocycles. The number of rotatable bonds is 24. The molecule has 0 amide bonds. The third-order valence-electron chi connectivity index (χ3n) is 12.6. The van der Waals surface area contributed by atoms with Crippen molar-refractivity contribution in [2.75, 3.05) is 103 Å². The summed E-state index contributed by atoms with van der Waals surface area (Å²) in [6.07, 6.45) is 11.1. The first-order valence-corrected chi connectivity index (χ1v) is 23.9. The molecule has 11 heteroatoms. The van der Waals surface area contributed by atoms with E-state index >= 15 is 0 Å². The van der Waals surface area contributed by atoms with Crippen molar-refractivity contribution in [2.24, 2.45) is 0 Å². The van der Waals surface area contributed by atoms with E-state index in [4.69, 9.17) is 51.6 Å². The fraction of sp³-hybridized carbons (Fsp3) is 0.400. The van der Waals surface area contributed by atoms with Gasteiger partial charge in [-0.15, -0.1) is 0 Å². The SMILES string of the molecule is COCCOCCOCCN1/C(=C/C=C2\CCC(/C=C/C3=[N+](CCOCCOCCOC)c4ccc(Cl)cc4C3(C)C)=C2N(c2ccccc2)c2ccccc2)C(C)(C)c2cc(Cl)ccc21. The smallest absolute Gasteiger partial charge is 0.209 e. The Labute approximate surface area is 402 Å². The van der Waals surface area contributed by atoms with Crippen LogP contribution in [0.15, 0.2) is 144 Å². The van der Waals surface area contributed by atoms with E-state index in [1.165, 1.54) is 39.4 Å². The molecule has 0 saturated carbocycles. The number of ether oxygens (including phenoxy) is 6. The molecular weight excluding hydrogens is 870 g/mol. The largest absolute Gasteiger partial charge is 0.382 e. The monoisotopic (exact) mass is 934 g/mol. The highest BCUT2D eigenvalue weighted by molar-refractivity contribution is 6.31. The highest BCUT2D eigenvalue weighted by atomic mass is 35.5. The van der Waals surface area contributed by atoms with Crippen LogP contribution in [0.25, 0.3) is 0 Å². The summed E-state index contributed by atoms with van der Waals surface area (Å²) in [5.74, 6) is 0. The molecule has 350 valence electrons. The molecule has 4 aromatic carbocycles. The number of benzene rings is 4. The number of hydrogen-bond donors (Lipinski definition) is 0. The molecule has 2 aliphatic heterocycles. The zero-order valence-electron chi connectivity index (χ0n) is 39.5. The van der Waals surface area contributed by atoms with Gasteiger partial charge in [-0.2, -0.15) is 4.58 Å². The standard InChI is InChI=1S/C55H66Cl2N3O6/c1-54(2)47-39-43(56)21-23-49(47)58(27-29-63-35-37-65-33-31-61-5)51(54)25-19-41-17-18-42(53(41)60(45-13-9-7-10-14-45)46-15-11-8-12-16-46)20-26-52-55(3,4)48-40-44(57)22-24-50(48)59(52)28-30-64-36-38-66-34-32-62-6/h7-16,19-26,39-40H,17-18,27-38H2,1-6H3/q+1. The van der Waals surface area contributed by atoms with Crippen LogP contribution < -0.4 is 9.80 Å². The van der Waals surface area contributed by atoms with Crippen LogP contribution in [0.1, 0.15) is 51.7 Å². The summed E-state index contributed by atoms with van der Waals surface area (Å²) in [4.78, 5) is 4.82. The molecular formula is C55H66Cl2N3O6+. The maximum Gasteiger partial charge on any atom is 0.209 e. The first-order chi connectivity index (χ1) is 32.1. The molecule has 0 bridgehead atoms. The second-order valence-electron chi connectivity index (χ2n) is 17.7. The number of halogens is 2. The van der Waals surface area contributed by atoms with Crippen molar-refractivity contribution in [3.05, 3.63) is 165 Å². The minimum atomic E-state index is -0.308. The first kappa shape index (κ1) is 49.4. The number of methoxy groups -OCH3 is 2. The van der Waals surface area contributed by atoms with Gasteiger partial charge in [-0.25, -0.2) is 0 Å². The average molecular weight is 936 g/mol. The van der Waals surface area contributed by atoms with Crippen LogP contribution in [0.5, 0.6) is 0 Å². The molecule has 0 aromatic heterocycles. The molecule has 0 radical (unpaired) electrons. The maximum absolute atomic E-state index is 6.66. The molecule has 0 spiro atoms. The van der Waals surface area contributed by atoms with E-state index in [1.54, 1.807) is 14.2 Å². The van der Waals surface area contributed by atoms with Crippen molar-refractivity contribution in [1.82, 2.24) is 0 Å². The molecule has 1 aliphatic carbocycles. The zero-order chi connectivity index (χ0) is 46.5. The van der Waals surface area contributed by atoms with E-state index in [0.717, 1.165) is 45.6 Å².